The van der Waals surface area contributed by atoms with Gasteiger partial charge in [-0.3, -0.25) is 9.78 Å². The van der Waals surface area contributed by atoms with Gasteiger partial charge in [-0.05, 0) is 60.0 Å². The molecule has 1 fully saturated rings. The number of amides is 1. The van der Waals surface area contributed by atoms with Crippen LogP contribution in [0.1, 0.15) is 31.4 Å². The first kappa shape index (κ1) is 21.7. The van der Waals surface area contributed by atoms with Crippen LogP contribution in [0.3, 0.4) is 0 Å². The molecule has 33 heavy (non-hydrogen) atoms. The predicted molar refractivity (Wildman–Crippen MR) is 126 cm³/mol. The predicted octanol–water partition coefficient (Wildman–Crippen LogP) is 3.52. The molecular weight excluding hydrogens is 491 g/mol. The second-order valence-corrected chi connectivity index (χ2v) is 9.12. The topological polar surface area (TPSA) is 110 Å². The Bertz CT molecular complexity index is 1380. The van der Waals surface area contributed by atoms with E-state index in [9.17, 15) is 14.3 Å². The average molecular weight is 513 g/mol. The van der Waals surface area contributed by atoms with Gasteiger partial charge >= 0.3 is 0 Å². The van der Waals surface area contributed by atoms with Crippen molar-refractivity contribution in [3.63, 3.8) is 0 Å². The number of benzene rings is 1. The molecule has 3 aromatic heterocycles. The summed E-state index contributed by atoms with van der Waals surface area (Å²) < 4.78 is 16.0. The molecule has 0 saturated carbocycles. The number of carbonyl (C=O) groups is 1. The fourth-order valence-corrected chi connectivity index (χ4v) is 4.95. The lowest BCUT2D eigenvalue weighted by atomic mass is 9.93. The number of likely N-dealkylation sites (tertiary alicyclic amines) is 1. The number of nitrogens with two attached hydrogens (primary N) is 1. The van der Waals surface area contributed by atoms with Crippen LogP contribution in [0.2, 0.25) is 0 Å². The van der Waals surface area contributed by atoms with Crippen molar-refractivity contribution in [2.75, 3.05) is 18.8 Å². The smallest absolute Gasteiger partial charge is 0.251 e. The zero-order chi connectivity index (χ0) is 23.3. The molecule has 5 rings (SSSR count). The maximum absolute atomic E-state index is 13.7. The fraction of sp³-hybridized carbons (Fsp3) is 0.304. The fourth-order valence-electron chi connectivity index (χ4n) is 4.37. The average Bonchev–Trinajstić information content (AvgIpc) is 3.24. The summed E-state index contributed by atoms with van der Waals surface area (Å²) >= 11 is 3.59. The number of pyridine rings is 1. The van der Waals surface area contributed by atoms with E-state index in [1.54, 1.807) is 27.9 Å². The van der Waals surface area contributed by atoms with E-state index in [0.29, 0.717) is 52.8 Å². The van der Waals surface area contributed by atoms with Crippen LogP contribution in [-0.4, -0.2) is 54.7 Å². The number of hydrogen-bond donors (Lipinski definition) is 2. The number of piperidine rings is 1. The van der Waals surface area contributed by atoms with E-state index in [-0.39, 0.29) is 17.6 Å². The highest BCUT2D eigenvalue weighted by Gasteiger charge is 2.29. The van der Waals surface area contributed by atoms with Crippen molar-refractivity contribution >= 4 is 44.2 Å². The van der Waals surface area contributed by atoms with Crippen molar-refractivity contribution in [3.05, 3.63) is 52.6 Å². The summed E-state index contributed by atoms with van der Waals surface area (Å²) in [5, 5.41) is 14.7. The Hall–Kier alpha value is -3.11. The van der Waals surface area contributed by atoms with E-state index in [0.717, 1.165) is 16.8 Å². The largest absolute Gasteiger partial charge is 0.384 e. The van der Waals surface area contributed by atoms with Crippen LogP contribution in [0.15, 0.2) is 41.1 Å². The number of anilines is 1. The van der Waals surface area contributed by atoms with Gasteiger partial charge in [0, 0.05) is 41.7 Å². The molecule has 0 unspecified atom stereocenters. The SMILES string of the molecule is C[C@@H](O)C(=O)N1CCC(c2nc3c(-c4cnc5ccc(F)cc5c4)cnn3c(N)c2Br)CC1. The van der Waals surface area contributed by atoms with Gasteiger partial charge in [0.15, 0.2) is 5.65 Å². The Balaban J connectivity index is 1.53. The Morgan fingerprint density at radius 3 is 2.76 bits per heavy atom. The highest BCUT2D eigenvalue weighted by atomic mass is 79.9. The van der Waals surface area contributed by atoms with Crippen LogP contribution >= 0.6 is 15.9 Å². The van der Waals surface area contributed by atoms with E-state index in [1.807, 2.05) is 6.07 Å². The summed E-state index contributed by atoms with van der Waals surface area (Å²) in [7, 11) is 0. The molecule has 0 spiro atoms. The molecule has 1 aliphatic heterocycles. The molecule has 0 radical (unpaired) electrons. The highest BCUT2D eigenvalue weighted by Crippen LogP contribution is 2.37. The third-order valence-corrected chi connectivity index (χ3v) is 6.97. The monoisotopic (exact) mass is 512 g/mol. The van der Waals surface area contributed by atoms with Gasteiger partial charge in [0.05, 0.1) is 21.9 Å². The number of carbonyl (C=O) groups excluding carboxylic acids is 1. The molecule has 1 aromatic carbocycles. The molecule has 1 aliphatic rings. The number of halogens is 2. The van der Waals surface area contributed by atoms with Gasteiger partial charge in [0.25, 0.3) is 5.91 Å². The number of aromatic nitrogens is 4. The van der Waals surface area contributed by atoms with Gasteiger partial charge < -0.3 is 15.7 Å². The minimum absolute atomic E-state index is 0.0938. The second-order valence-electron chi connectivity index (χ2n) is 8.33. The molecule has 4 aromatic rings. The standard InChI is InChI=1S/C23H22BrFN6O2/c1-12(32)23(33)30-6-4-13(5-7-30)20-19(24)21(26)31-22(29-20)17(11-28-31)15-8-14-9-16(25)2-3-18(14)27-10-15/h2-3,8-13,32H,4-7,26H2,1H3/t12-/m1/s1. The number of fused-ring (bicyclic) bond motifs is 2. The molecule has 8 nitrogen and oxygen atoms in total. The number of aliphatic hydroxyl groups excluding tert-OH is 1. The Kier molecular flexibility index (Phi) is 5.49. The van der Waals surface area contributed by atoms with Crippen LogP contribution in [0.5, 0.6) is 0 Å². The van der Waals surface area contributed by atoms with E-state index in [1.165, 1.54) is 19.1 Å². The molecule has 0 bridgehead atoms. The van der Waals surface area contributed by atoms with Crippen LogP contribution in [0.25, 0.3) is 27.7 Å². The van der Waals surface area contributed by atoms with Gasteiger partial charge in [-0.2, -0.15) is 9.61 Å². The van der Waals surface area contributed by atoms with Gasteiger partial charge in [0.2, 0.25) is 0 Å². The normalized spacial score (nSPS) is 15.9. The lowest BCUT2D eigenvalue weighted by molar-refractivity contribution is -0.140. The first-order chi connectivity index (χ1) is 15.8. The number of aliphatic hydroxyl groups is 1. The third-order valence-electron chi connectivity index (χ3n) is 6.15. The molecule has 1 saturated heterocycles. The van der Waals surface area contributed by atoms with Crippen molar-refractivity contribution in [3.8, 4) is 11.1 Å². The molecule has 1 amide bonds. The lowest BCUT2D eigenvalue weighted by Crippen LogP contribution is -2.42. The third kappa shape index (κ3) is 3.83. The lowest BCUT2D eigenvalue weighted by Gasteiger charge is -2.33. The first-order valence-corrected chi connectivity index (χ1v) is 11.5. The van der Waals surface area contributed by atoms with E-state index in [4.69, 9.17) is 10.7 Å². The Morgan fingerprint density at radius 1 is 1.27 bits per heavy atom. The number of nitrogens with zero attached hydrogens (tertiary/aromatic N) is 5. The minimum atomic E-state index is -1.00. The first-order valence-electron chi connectivity index (χ1n) is 10.7. The van der Waals surface area contributed by atoms with Crippen LogP contribution in [0.4, 0.5) is 10.2 Å². The van der Waals surface area contributed by atoms with E-state index >= 15 is 0 Å². The highest BCUT2D eigenvalue weighted by molar-refractivity contribution is 9.10. The van der Waals surface area contributed by atoms with Crippen LogP contribution in [-0.2, 0) is 4.79 Å². The zero-order valence-corrected chi connectivity index (χ0v) is 19.5. The molecular formula is C23H22BrFN6O2. The quantitative estimate of drug-likeness (QED) is 0.434. The molecule has 170 valence electrons. The van der Waals surface area contributed by atoms with Crippen molar-refractivity contribution in [1.82, 2.24) is 24.5 Å². The maximum atomic E-state index is 13.7. The Labute approximate surface area is 197 Å². The zero-order valence-electron chi connectivity index (χ0n) is 17.9. The van der Waals surface area contributed by atoms with Crippen molar-refractivity contribution < 1.29 is 14.3 Å². The number of rotatable bonds is 3. The summed E-state index contributed by atoms with van der Waals surface area (Å²) in [6.07, 6.45) is 3.81. The van der Waals surface area contributed by atoms with Crippen LogP contribution < -0.4 is 5.73 Å². The van der Waals surface area contributed by atoms with Gasteiger partial charge in [-0.1, -0.05) is 0 Å². The summed E-state index contributed by atoms with van der Waals surface area (Å²) in [4.78, 5) is 23.2. The Morgan fingerprint density at radius 2 is 2.03 bits per heavy atom. The molecule has 1 atom stereocenters. The molecule has 3 N–H and O–H groups in total. The summed E-state index contributed by atoms with van der Waals surface area (Å²) in [6, 6.07) is 6.34. The molecule has 0 aliphatic carbocycles. The van der Waals surface area contributed by atoms with Gasteiger partial charge in [0.1, 0.15) is 17.7 Å². The summed E-state index contributed by atoms with van der Waals surface area (Å²) in [6.45, 7) is 2.57. The molecule has 4 heterocycles. The van der Waals surface area contributed by atoms with Gasteiger partial charge in [-0.15, -0.1) is 0 Å². The van der Waals surface area contributed by atoms with Crippen LogP contribution in [0, 0.1) is 5.82 Å². The summed E-state index contributed by atoms with van der Waals surface area (Å²) in [5.41, 5.74) is 10.0. The van der Waals surface area contributed by atoms with Crippen molar-refractivity contribution in [1.29, 1.82) is 0 Å². The summed E-state index contributed by atoms with van der Waals surface area (Å²) in [5.74, 6) is -0.0519. The molecule has 10 heteroatoms. The second kappa shape index (κ2) is 8.35. The van der Waals surface area contributed by atoms with E-state index < -0.39 is 6.10 Å². The van der Waals surface area contributed by atoms with Crippen molar-refractivity contribution in [2.45, 2.75) is 31.8 Å². The maximum Gasteiger partial charge on any atom is 0.251 e. The number of hydrogen-bond acceptors (Lipinski definition) is 6. The van der Waals surface area contributed by atoms with Crippen molar-refractivity contribution in [2.24, 2.45) is 0 Å². The number of nitrogen functional groups attached to an aromatic ring is 1. The van der Waals surface area contributed by atoms with Gasteiger partial charge in [-0.25, -0.2) is 9.37 Å². The minimum Gasteiger partial charge on any atom is -0.384 e. The van der Waals surface area contributed by atoms with E-state index in [2.05, 4.69) is 26.0 Å².